The van der Waals surface area contributed by atoms with Crippen LogP contribution in [0, 0.1) is 23.5 Å². The first-order chi connectivity index (χ1) is 9.43. The van der Waals surface area contributed by atoms with Crippen LogP contribution in [0.3, 0.4) is 0 Å². The zero-order valence-electron chi connectivity index (χ0n) is 11.7. The first kappa shape index (κ1) is 15.2. The molecule has 0 spiro atoms. The summed E-state index contributed by atoms with van der Waals surface area (Å²) < 4.78 is 28.0. The number of rotatable bonds is 4. The predicted octanol–water partition coefficient (Wildman–Crippen LogP) is 3.84. The molecule has 1 aliphatic carbocycles. The molecule has 110 valence electrons. The lowest BCUT2D eigenvalue weighted by molar-refractivity contribution is 0.390. The Kier molecular flexibility index (Phi) is 4.58. The summed E-state index contributed by atoms with van der Waals surface area (Å²) in [7, 11) is 0. The van der Waals surface area contributed by atoms with Gasteiger partial charge in [-0.3, -0.25) is 0 Å². The Morgan fingerprint density at radius 3 is 2.40 bits per heavy atom. The van der Waals surface area contributed by atoms with Crippen molar-refractivity contribution in [2.75, 3.05) is 5.32 Å². The van der Waals surface area contributed by atoms with Gasteiger partial charge in [0, 0.05) is 11.6 Å². The molecule has 20 heavy (non-hydrogen) atoms. The maximum absolute atomic E-state index is 14.0. The van der Waals surface area contributed by atoms with E-state index in [9.17, 15) is 8.78 Å². The molecule has 1 saturated carbocycles. The molecule has 2 rings (SSSR count). The van der Waals surface area contributed by atoms with Gasteiger partial charge in [0.25, 0.3) is 0 Å². The van der Waals surface area contributed by atoms with Crippen LogP contribution in [-0.2, 0) is 0 Å². The van der Waals surface area contributed by atoms with E-state index in [4.69, 9.17) is 18.0 Å². The van der Waals surface area contributed by atoms with Crippen molar-refractivity contribution in [3.8, 4) is 0 Å². The molecule has 2 nitrogen and oxygen atoms in total. The summed E-state index contributed by atoms with van der Waals surface area (Å²) in [5, 5.41) is 3.02. The fourth-order valence-corrected chi connectivity index (χ4v) is 3.18. The molecule has 1 fully saturated rings. The molecule has 0 aromatic heterocycles. The lowest BCUT2D eigenvalue weighted by Gasteiger charge is -2.22. The molecule has 0 saturated heterocycles. The summed E-state index contributed by atoms with van der Waals surface area (Å²) in [5.41, 5.74) is 5.54. The number of nitrogens with two attached hydrogens (primary N) is 1. The highest BCUT2D eigenvalue weighted by Gasteiger charge is 2.32. The summed E-state index contributed by atoms with van der Waals surface area (Å²) in [4.78, 5) is -0.00497. The monoisotopic (exact) mass is 298 g/mol. The summed E-state index contributed by atoms with van der Waals surface area (Å²) >= 11 is 4.74. The van der Waals surface area contributed by atoms with E-state index >= 15 is 0 Å². The topological polar surface area (TPSA) is 38.0 Å². The van der Waals surface area contributed by atoms with Gasteiger partial charge in [-0.05, 0) is 36.8 Å². The van der Waals surface area contributed by atoms with E-state index in [2.05, 4.69) is 19.2 Å². The molecule has 1 aliphatic rings. The average Bonchev–Trinajstić information content (AvgIpc) is 2.74. The quantitative estimate of drug-likeness (QED) is 0.830. The number of nitrogens with one attached hydrogen (secondary N) is 1. The second-order valence-corrected chi connectivity index (χ2v) is 5.97. The normalized spacial score (nSPS) is 25.7. The van der Waals surface area contributed by atoms with Crippen molar-refractivity contribution in [1.82, 2.24) is 0 Å². The molecule has 0 bridgehead atoms. The van der Waals surface area contributed by atoms with Gasteiger partial charge in [0.1, 0.15) is 22.3 Å². The minimum Gasteiger partial charge on any atom is -0.389 e. The Balaban J connectivity index is 2.20. The summed E-state index contributed by atoms with van der Waals surface area (Å²) in [6.07, 6.45) is 3.14. The molecular weight excluding hydrogens is 278 g/mol. The van der Waals surface area contributed by atoms with E-state index in [1.807, 2.05) is 0 Å². The van der Waals surface area contributed by atoms with Gasteiger partial charge >= 0.3 is 0 Å². The molecule has 3 atom stereocenters. The Hall–Kier alpha value is -1.23. The number of anilines is 1. The molecule has 0 amide bonds. The summed E-state index contributed by atoms with van der Waals surface area (Å²) in [6.45, 7) is 4.29. The zero-order chi connectivity index (χ0) is 14.9. The fraction of sp³-hybridized carbons (Fsp3) is 0.533. The first-order valence-electron chi connectivity index (χ1n) is 6.99. The van der Waals surface area contributed by atoms with E-state index in [0.717, 1.165) is 19.3 Å². The van der Waals surface area contributed by atoms with Gasteiger partial charge in [-0.25, -0.2) is 8.78 Å². The minimum absolute atomic E-state index is 0.00497. The van der Waals surface area contributed by atoms with Crippen molar-refractivity contribution in [3.05, 3.63) is 29.3 Å². The van der Waals surface area contributed by atoms with E-state index in [1.165, 1.54) is 12.1 Å². The predicted molar refractivity (Wildman–Crippen MR) is 81.8 cm³/mol. The molecule has 0 aliphatic heterocycles. The standard InChI is InChI=1S/C15H20F2N2S/c1-3-9-4-5-13(8(9)2)19-14-11(16)6-10(15(18)20)7-12(14)17/h6-9,13,19H,3-5H2,1-2H3,(H2,18,20). The number of thiocarbonyl (C=S) groups is 1. The van der Waals surface area contributed by atoms with Crippen molar-refractivity contribution in [2.45, 2.75) is 39.2 Å². The van der Waals surface area contributed by atoms with Crippen LogP contribution in [0.4, 0.5) is 14.5 Å². The first-order valence-corrected chi connectivity index (χ1v) is 7.40. The van der Waals surface area contributed by atoms with Gasteiger partial charge in [-0.1, -0.05) is 32.5 Å². The zero-order valence-corrected chi connectivity index (χ0v) is 12.6. The molecule has 3 unspecified atom stereocenters. The lowest BCUT2D eigenvalue weighted by atomic mass is 9.93. The largest absolute Gasteiger partial charge is 0.389 e. The van der Waals surface area contributed by atoms with E-state index in [-0.39, 0.29) is 22.3 Å². The van der Waals surface area contributed by atoms with Crippen molar-refractivity contribution < 1.29 is 8.78 Å². The lowest BCUT2D eigenvalue weighted by Crippen LogP contribution is -2.26. The van der Waals surface area contributed by atoms with Crippen LogP contribution in [0.2, 0.25) is 0 Å². The maximum Gasteiger partial charge on any atom is 0.150 e. The number of hydrogen-bond donors (Lipinski definition) is 2. The molecule has 1 aromatic rings. The molecule has 0 heterocycles. The number of hydrogen-bond acceptors (Lipinski definition) is 2. The average molecular weight is 298 g/mol. The van der Waals surface area contributed by atoms with Gasteiger partial charge in [-0.15, -0.1) is 0 Å². The van der Waals surface area contributed by atoms with Gasteiger partial charge < -0.3 is 11.1 Å². The molecule has 5 heteroatoms. The van der Waals surface area contributed by atoms with Crippen molar-refractivity contribution in [3.63, 3.8) is 0 Å². The third-order valence-corrected chi connectivity index (χ3v) is 4.64. The molecule has 3 N–H and O–H groups in total. The van der Waals surface area contributed by atoms with E-state index in [0.29, 0.717) is 11.8 Å². The van der Waals surface area contributed by atoms with Gasteiger partial charge in [0.15, 0.2) is 0 Å². The van der Waals surface area contributed by atoms with Crippen LogP contribution >= 0.6 is 12.2 Å². The third-order valence-electron chi connectivity index (χ3n) is 4.41. The van der Waals surface area contributed by atoms with Gasteiger partial charge in [-0.2, -0.15) is 0 Å². The van der Waals surface area contributed by atoms with Crippen LogP contribution in [0.15, 0.2) is 12.1 Å². The van der Waals surface area contributed by atoms with Crippen LogP contribution in [0.5, 0.6) is 0 Å². The highest BCUT2D eigenvalue weighted by molar-refractivity contribution is 7.80. The van der Waals surface area contributed by atoms with Crippen molar-refractivity contribution in [2.24, 2.45) is 17.6 Å². The molecule has 1 aromatic carbocycles. The SMILES string of the molecule is CCC1CCC(Nc2c(F)cc(C(N)=S)cc2F)C1C. The van der Waals surface area contributed by atoms with Crippen molar-refractivity contribution in [1.29, 1.82) is 0 Å². The number of halogens is 2. The third kappa shape index (κ3) is 2.92. The second kappa shape index (κ2) is 6.04. The summed E-state index contributed by atoms with van der Waals surface area (Å²) in [5.74, 6) is -0.247. The van der Waals surface area contributed by atoms with Crippen LogP contribution in [0.25, 0.3) is 0 Å². The van der Waals surface area contributed by atoms with E-state index < -0.39 is 11.6 Å². The maximum atomic E-state index is 14.0. The Morgan fingerprint density at radius 2 is 1.95 bits per heavy atom. The molecule has 0 radical (unpaired) electrons. The minimum atomic E-state index is -0.639. The smallest absolute Gasteiger partial charge is 0.150 e. The van der Waals surface area contributed by atoms with Gasteiger partial charge in [0.2, 0.25) is 0 Å². The van der Waals surface area contributed by atoms with Crippen LogP contribution < -0.4 is 11.1 Å². The Bertz CT molecular complexity index is 496. The van der Waals surface area contributed by atoms with Crippen molar-refractivity contribution >= 4 is 22.9 Å². The van der Waals surface area contributed by atoms with Crippen LogP contribution in [0.1, 0.15) is 38.7 Å². The Morgan fingerprint density at radius 1 is 1.35 bits per heavy atom. The fourth-order valence-electron chi connectivity index (χ4n) is 3.07. The van der Waals surface area contributed by atoms with Crippen LogP contribution in [-0.4, -0.2) is 11.0 Å². The highest BCUT2D eigenvalue weighted by Crippen LogP contribution is 2.36. The van der Waals surface area contributed by atoms with E-state index in [1.54, 1.807) is 0 Å². The number of benzene rings is 1. The van der Waals surface area contributed by atoms with Gasteiger partial charge in [0.05, 0.1) is 0 Å². The Labute approximate surface area is 123 Å². The molecular formula is C15H20F2N2S. The summed E-state index contributed by atoms with van der Waals surface area (Å²) in [6, 6.07) is 2.48. The second-order valence-electron chi connectivity index (χ2n) is 5.53. The highest BCUT2D eigenvalue weighted by atomic mass is 32.1.